The van der Waals surface area contributed by atoms with Gasteiger partial charge in [-0.25, -0.2) is 19.6 Å². The highest BCUT2D eigenvalue weighted by Crippen LogP contribution is 2.27. The maximum absolute atomic E-state index is 12.2. The van der Waals surface area contributed by atoms with Crippen LogP contribution in [0.25, 0.3) is 21.7 Å². The van der Waals surface area contributed by atoms with E-state index in [2.05, 4.69) is 30.9 Å². The van der Waals surface area contributed by atoms with Crippen LogP contribution in [0.5, 0.6) is 0 Å². The number of hydrogen-bond acceptors (Lipinski definition) is 6. The quantitative estimate of drug-likeness (QED) is 0.507. The second kappa shape index (κ2) is 8.39. The van der Waals surface area contributed by atoms with Gasteiger partial charge in [0.05, 0.1) is 17.6 Å². The zero-order chi connectivity index (χ0) is 20.2. The van der Waals surface area contributed by atoms with Gasteiger partial charge in [-0.2, -0.15) is 0 Å². The first-order valence-electron chi connectivity index (χ1n) is 9.34. The van der Waals surface area contributed by atoms with E-state index in [4.69, 9.17) is 5.11 Å². The smallest absolute Gasteiger partial charge is 0.404 e. The molecule has 3 amide bonds. The van der Waals surface area contributed by atoms with Crippen molar-refractivity contribution in [2.75, 3.05) is 5.32 Å². The molecule has 1 aliphatic carbocycles. The van der Waals surface area contributed by atoms with Gasteiger partial charge >= 0.3 is 12.1 Å². The summed E-state index contributed by atoms with van der Waals surface area (Å²) in [4.78, 5) is 37.9. The molecule has 1 aliphatic rings. The minimum atomic E-state index is -1.06. The fourth-order valence-corrected chi connectivity index (χ4v) is 4.17. The van der Waals surface area contributed by atoms with Gasteiger partial charge in [-0.3, -0.25) is 10.3 Å². The van der Waals surface area contributed by atoms with Crippen LogP contribution >= 0.6 is 11.3 Å². The lowest BCUT2D eigenvalue weighted by molar-refractivity contribution is 0.194. The summed E-state index contributed by atoms with van der Waals surface area (Å²) in [5.74, 6) is 0.414. The Balaban J connectivity index is 1.49. The number of carbonyl (C=O) groups excluding carboxylic acids is 1. The molecule has 3 aromatic rings. The number of fused-ring (bicyclic) bond motifs is 1. The molecule has 3 heterocycles. The minimum Gasteiger partial charge on any atom is -0.465 e. The molecule has 0 atom stereocenters. The van der Waals surface area contributed by atoms with Gasteiger partial charge in [0.2, 0.25) is 0 Å². The van der Waals surface area contributed by atoms with Gasteiger partial charge in [-0.1, -0.05) is 12.8 Å². The second-order valence-electron chi connectivity index (χ2n) is 6.80. The molecule has 150 valence electrons. The zero-order valence-electron chi connectivity index (χ0n) is 15.5. The lowest BCUT2D eigenvalue weighted by Gasteiger charge is -2.12. The summed E-state index contributed by atoms with van der Waals surface area (Å²) in [5, 5.41) is 16.8. The zero-order valence-corrected chi connectivity index (χ0v) is 16.3. The predicted octanol–water partition coefficient (Wildman–Crippen LogP) is 3.59. The molecule has 4 N–H and O–H groups in total. The van der Waals surface area contributed by atoms with Gasteiger partial charge in [0.15, 0.2) is 5.65 Å². The van der Waals surface area contributed by atoms with Gasteiger partial charge in [-0.05, 0) is 37.1 Å². The van der Waals surface area contributed by atoms with Crippen LogP contribution in [0.4, 0.5) is 15.4 Å². The summed E-state index contributed by atoms with van der Waals surface area (Å²) in [7, 11) is 0. The number of amides is 3. The number of nitrogens with one attached hydrogen (secondary N) is 3. The largest absolute Gasteiger partial charge is 0.465 e. The Labute approximate surface area is 170 Å². The number of rotatable bonds is 5. The first kappa shape index (κ1) is 19.1. The van der Waals surface area contributed by atoms with Crippen molar-refractivity contribution in [1.82, 2.24) is 25.6 Å². The molecule has 0 saturated heterocycles. The monoisotopic (exact) mass is 412 g/mol. The standard InChI is InChI=1S/C19H20N6O3S/c26-18(22-11-3-1-2-4-11)25-16-8-6-13-17(24-16)23-14(10-20-13)15-7-5-12(29-15)9-21-19(27)28/h5-8,10-11,21H,1-4,9H2,(H,27,28)(H2,22,23,24,25,26). The van der Waals surface area contributed by atoms with Crippen molar-refractivity contribution in [2.24, 2.45) is 0 Å². The summed E-state index contributed by atoms with van der Waals surface area (Å²) in [6, 6.07) is 7.15. The first-order chi connectivity index (χ1) is 14.1. The molecule has 0 spiro atoms. The van der Waals surface area contributed by atoms with E-state index < -0.39 is 6.09 Å². The summed E-state index contributed by atoms with van der Waals surface area (Å²) in [5.41, 5.74) is 1.70. The number of carboxylic acid groups (broad SMARTS) is 1. The van der Waals surface area contributed by atoms with E-state index >= 15 is 0 Å². The first-order valence-corrected chi connectivity index (χ1v) is 10.2. The Bertz CT molecular complexity index is 1050. The van der Waals surface area contributed by atoms with Crippen LogP contribution in [0.1, 0.15) is 30.6 Å². The lowest BCUT2D eigenvalue weighted by Crippen LogP contribution is -2.36. The SMILES string of the molecule is O=C(O)NCc1ccc(-c2cnc3ccc(NC(=O)NC4CCCC4)nc3n2)s1. The molecular formula is C19H20N6O3S. The Morgan fingerprint density at radius 1 is 1.14 bits per heavy atom. The van der Waals surface area contributed by atoms with Crippen molar-refractivity contribution < 1.29 is 14.7 Å². The Morgan fingerprint density at radius 2 is 1.97 bits per heavy atom. The molecule has 10 heteroatoms. The fourth-order valence-electron chi connectivity index (χ4n) is 3.27. The van der Waals surface area contributed by atoms with Gasteiger partial charge in [0, 0.05) is 10.9 Å². The number of pyridine rings is 1. The molecule has 4 rings (SSSR count). The lowest BCUT2D eigenvalue weighted by atomic mass is 10.2. The average molecular weight is 412 g/mol. The van der Waals surface area contributed by atoms with E-state index in [1.807, 2.05) is 12.1 Å². The van der Waals surface area contributed by atoms with Crippen LogP contribution in [-0.2, 0) is 6.54 Å². The van der Waals surface area contributed by atoms with Crippen molar-refractivity contribution in [2.45, 2.75) is 38.3 Å². The van der Waals surface area contributed by atoms with E-state index in [-0.39, 0.29) is 18.6 Å². The minimum absolute atomic E-state index is 0.227. The fraction of sp³-hybridized carbons (Fsp3) is 0.316. The van der Waals surface area contributed by atoms with E-state index in [0.29, 0.717) is 22.7 Å². The predicted molar refractivity (Wildman–Crippen MR) is 110 cm³/mol. The molecular weight excluding hydrogens is 392 g/mol. The number of thiophene rings is 1. The number of carbonyl (C=O) groups is 2. The van der Waals surface area contributed by atoms with E-state index in [1.165, 1.54) is 11.3 Å². The Kier molecular flexibility index (Phi) is 5.52. The topological polar surface area (TPSA) is 129 Å². The number of anilines is 1. The Morgan fingerprint density at radius 3 is 2.76 bits per heavy atom. The summed E-state index contributed by atoms with van der Waals surface area (Å²) in [6.45, 7) is 0.240. The van der Waals surface area contributed by atoms with Gasteiger partial charge < -0.3 is 15.7 Å². The average Bonchev–Trinajstić information content (AvgIpc) is 3.37. The third kappa shape index (κ3) is 4.77. The molecule has 0 aromatic carbocycles. The van der Waals surface area contributed by atoms with Crippen LogP contribution in [0.3, 0.4) is 0 Å². The van der Waals surface area contributed by atoms with Gasteiger partial charge in [0.25, 0.3) is 0 Å². The normalized spacial score (nSPS) is 14.1. The highest BCUT2D eigenvalue weighted by atomic mass is 32.1. The van der Waals surface area contributed by atoms with Crippen LogP contribution in [-0.4, -0.2) is 38.2 Å². The third-order valence-electron chi connectivity index (χ3n) is 4.67. The molecule has 1 fully saturated rings. The second-order valence-corrected chi connectivity index (χ2v) is 7.97. The molecule has 0 bridgehead atoms. The Hall–Kier alpha value is -3.27. The van der Waals surface area contributed by atoms with E-state index in [9.17, 15) is 9.59 Å². The van der Waals surface area contributed by atoms with Crippen LogP contribution in [0, 0.1) is 0 Å². The molecule has 0 radical (unpaired) electrons. The number of hydrogen-bond donors (Lipinski definition) is 4. The highest BCUT2D eigenvalue weighted by Gasteiger charge is 2.17. The molecule has 0 aliphatic heterocycles. The van der Waals surface area contributed by atoms with Gasteiger partial charge in [-0.15, -0.1) is 11.3 Å². The van der Waals surface area contributed by atoms with Crippen molar-refractivity contribution in [3.63, 3.8) is 0 Å². The number of urea groups is 1. The van der Waals surface area contributed by atoms with Crippen LogP contribution in [0.15, 0.2) is 30.5 Å². The van der Waals surface area contributed by atoms with Crippen molar-refractivity contribution in [3.8, 4) is 10.6 Å². The van der Waals surface area contributed by atoms with Crippen molar-refractivity contribution in [1.29, 1.82) is 0 Å². The van der Waals surface area contributed by atoms with E-state index in [1.54, 1.807) is 18.3 Å². The van der Waals surface area contributed by atoms with E-state index in [0.717, 1.165) is 35.4 Å². The van der Waals surface area contributed by atoms with Crippen LogP contribution < -0.4 is 16.0 Å². The molecule has 3 aromatic heterocycles. The van der Waals surface area contributed by atoms with Crippen LogP contribution in [0.2, 0.25) is 0 Å². The summed E-state index contributed by atoms with van der Waals surface area (Å²) < 4.78 is 0. The molecule has 29 heavy (non-hydrogen) atoms. The summed E-state index contributed by atoms with van der Waals surface area (Å²) in [6.07, 6.45) is 4.91. The van der Waals surface area contributed by atoms with Gasteiger partial charge in [0.1, 0.15) is 17.0 Å². The molecule has 1 saturated carbocycles. The third-order valence-corrected chi connectivity index (χ3v) is 5.77. The number of nitrogens with zero attached hydrogens (tertiary/aromatic N) is 3. The van der Waals surface area contributed by atoms with Crippen molar-refractivity contribution in [3.05, 3.63) is 35.3 Å². The molecule has 0 unspecified atom stereocenters. The van der Waals surface area contributed by atoms with Crippen molar-refractivity contribution >= 4 is 40.4 Å². The maximum atomic E-state index is 12.2. The maximum Gasteiger partial charge on any atom is 0.404 e. The number of aromatic nitrogens is 3. The summed E-state index contributed by atoms with van der Waals surface area (Å²) >= 11 is 1.43. The molecule has 9 nitrogen and oxygen atoms in total. The highest BCUT2D eigenvalue weighted by molar-refractivity contribution is 7.15.